The molecule has 0 radical (unpaired) electrons. The van der Waals surface area contributed by atoms with Crippen LogP contribution in [-0.2, 0) is 10.0 Å². The maximum absolute atomic E-state index is 12.6. The number of aryl methyl sites for hydroxylation is 1. The van der Waals surface area contributed by atoms with Gasteiger partial charge in [0.2, 0.25) is 0 Å². The topological polar surface area (TPSA) is 84.5 Å². The number of carbonyl (C=O) groups excluding carboxylic acids is 1. The zero-order valence-corrected chi connectivity index (χ0v) is 18.9. The van der Waals surface area contributed by atoms with Crippen molar-refractivity contribution in [3.63, 3.8) is 0 Å². The van der Waals surface area contributed by atoms with Gasteiger partial charge in [-0.2, -0.15) is 0 Å². The molecule has 0 aliphatic carbocycles. The molecule has 0 heterocycles. The van der Waals surface area contributed by atoms with Crippen LogP contribution in [0.1, 0.15) is 29.8 Å². The van der Waals surface area contributed by atoms with Gasteiger partial charge in [0.05, 0.1) is 16.7 Å². The van der Waals surface area contributed by atoms with E-state index in [0.717, 1.165) is 5.56 Å². The van der Waals surface area contributed by atoms with Crippen molar-refractivity contribution in [3.8, 4) is 5.75 Å². The van der Waals surface area contributed by atoms with E-state index in [-0.39, 0.29) is 16.9 Å². The van der Waals surface area contributed by atoms with Crippen molar-refractivity contribution in [2.75, 3.05) is 10.0 Å². The Hall–Kier alpha value is -3.03. The third-order valence-electron chi connectivity index (χ3n) is 4.33. The molecule has 0 fully saturated rings. The summed E-state index contributed by atoms with van der Waals surface area (Å²) in [6, 6.07) is 17.6. The number of hydrogen-bond acceptors (Lipinski definition) is 4. The summed E-state index contributed by atoms with van der Waals surface area (Å²) in [5, 5.41) is 3.22. The second kappa shape index (κ2) is 9.41. The molecule has 6 nitrogen and oxygen atoms in total. The number of hydrogen-bond donors (Lipinski definition) is 2. The van der Waals surface area contributed by atoms with E-state index >= 15 is 0 Å². The van der Waals surface area contributed by atoms with Gasteiger partial charge < -0.3 is 10.1 Å². The average Bonchev–Trinajstić information content (AvgIpc) is 2.71. The van der Waals surface area contributed by atoms with Crippen molar-refractivity contribution < 1.29 is 17.9 Å². The van der Waals surface area contributed by atoms with Crippen LogP contribution < -0.4 is 14.8 Å². The van der Waals surface area contributed by atoms with Gasteiger partial charge in [-0.25, -0.2) is 8.42 Å². The highest BCUT2D eigenvalue weighted by Gasteiger charge is 2.15. The summed E-state index contributed by atoms with van der Waals surface area (Å²) in [4.78, 5) is 12.5. The normalized spacial score (nSPS) is 11.3. The second-order valence-electron chi connectivity index (χ2n) is 7.24. The van der Waals surface area contributed by atoms with Crippen molar-refractivity contribution in [2.24, 2.45) is 0 Å². The molecule has 0 aliphatic heterocycles. The zero-order valence-electron chi connectivity index (χ0n) is 17.3. The molecular formula is C23H23ClN2O4S. The molecule has 3 rings (SSSR count). The Kier molecular flexibility index (Phi) is 6.87. The lowest BCUT2D eigenvalue weighted by molar-refractivity contribution is 0.102. The van der Waals surface area contributed by atoms with Crippen molar-refractivity contribution in [1.29, 1.82) is 0 Å². The van der Waals surface area contributed by atoms with Crippen LogP contribution in [0.15, 0.2) is 71.6 Å². The summed E-state index contributed by atoms with van der Waals surface area (Å²) in [5.41, 5.74) is 2.17. The third-order valence-corrected chi connectivity index (χ3v) is 6.14. The monoisotopic (exact) mass is 458 g/mol. The molecule has 0 spiro atoms. The van der Waals surface area contributed by atoms with Gasteiger partial charge in [0.15, 0.2) is 0 Å². The van der Waals surface area contributed by atoms with E-state index in [4.69, 9.17) is 16.3 Å². The number of amides is 1. The zero-order chi connectivity index (χ0) is 22.6. The summed E-state index contributed by atoms with van der Waals surface area (Å²) in [5.74, 6) is 0.377. The van der Waals surface area contributed by atoms with Crippen LogP contribution in [0.5, 0.6) is 5.75 Å². The van der Waals surface area contributed by atoms with Crippen molar-refractivity contribution in [3.05, 3.63) is 82.9 Å². The Labute approximate surface area is 187 Å². The summed E-state index contributed by atoms with van der Waals surface area (Å²) >= 11 is 6.06. The number of nitrogens with one attached hydrogen (secondary N) is 2. The van der Waals surface area contributed by atoms with Gasteiger partial charge in [-0.15, -0.1) is 0 Å². The van der Waals surface area contributed by atoms with Gasteiger partial charge in [-0.1, -0.05) is 17.7 Å². The van der Waals surface area contributed by atoms with Gasteiger partial charge in [0, 0.05) is 16.3 Å². The van der Waals surface area contributed by atoms with E-state index in [9.17, 15) is 13.2 Å². The van der Waals surface area contributed by atoms with Crippen molar-refractivity contribution in [1.82, 2.24) is 0 Å². The first kappa shape index (κ1) is 22.7. The molecule has 0 unspecified atom stereocenters. The maximum atomic E-state index is 12.6. The number of halogens is 1. The SMILES string of the molecule is Cc1ccc(NS(=O)(=O)c2ccc(NC(=O)c3ccc(OC(C)C)cc3)cc2)cc1Cl. The lowest BCUT2D eigenvalue weighted by Gasteiger charge is -2.11. The molecule has 0 bridgehead atoms. The lowest BCUT2D eigenvalue weighted by Crippen LogP contribution is -2.14. The third kappa shape index (κ3) is 5.99. The minimum Gasteiger partial charge on any atom is -0.491 e. The van der Waals surface area contributed by atoms with E-state index in [0.29, 0.717) is 27.7 Å². The summed E-state index contributed by atoms with van der Waals surface area (Å²) in [7, 11) is -3.79. The minimum absolute atomic E-state index is 0.0481. The molecule has 0 saturated carbocycles. The highest BCUT2D eigenvalue weighted by molar-refractivity contribution is 7.92. The Morgan fingerprint density at radius 1 is 0.935 bits per heavy atom. The number of ether oxygens (including phenoxy) is 1. The Morgan fingerprint density at radius 3 is 2.13 bits per heavy atom. The first-order chi connectivity index (χ1) is 14.6. The van der Waals surface area contributed by atoms with Gasteiger partial charge in [0.25, 0.3) is 15.9 Å². The quantitative estimate of drug-likeness (QED) is 0.490. The van der Waals surface area contributed by atoms with Gasteiger partial charge in [-0.05, 0) is 87.0 Å². The molecule has 162 valence electrons. The Bertz CT molecular complexity index is 1180. The fourth-order valence-electron chi connectivity index (χ4n) is 2.75. The standard InChI is InChI=1S/C23H23ClN2O4S/c1-15(2)30-20-10-5-17(6-11-20)23(27)25-18-8-12-21(13-9-18)31(28,29)26-19-7-4-16(3)22(24)14-19/h4-15,26H,1-3H3,(H,25,27). The molecule has 3 aromatic rings. The number of sulfonamides is 1. The fraction of sp³-hybridized carbons (Fsp3) is 0.174. The van der Waals surface area contributed by atoms with E-state index in [1.165, 1.54) is 24.3 Å². The van der Waals surface area contributed by atoms with Crippen molar-refractivity contribution in [2.45, 2.75) is 31.8 Å². The van der Waals surface area contributed by atoms with Gasteiger partial charge in [-0.3, -0.25) is 9.52 Å². The summed E-state index contributed by atoms with van der Waals surface area (Å²) < 4.78 is 33.3. The predicted molar refractivity (Wildman–Crippen MR) is 124 cm³/mol. The molecule has 3 aromatic carbocycles. The van der Waals surface area contributed by atoms with E-state index < -0.39 is 10.0 Å². The molecule has 0 aromatic heterocycles. The maximum Gasteiger partial charge on any atom is 0.261 e. The molecule has 31 heavy (non-hydrogen) atoms. The number of rotatable bonds is 7. The largest absolute Gasteiger partial charge is 0.491 e. The first-order valence-electron chi connectivity index (χ1n) is 9.61. The molecule has 0 atom stereocenters. The Morgan fingerprint density at radius 2 is 1.55 bits per heavy atom. The number of carbonyl (C=O) groups is 1. The minimum atomic E-state index is -3.79. The van der Waals surface area contributed by atoms with Crippen LogP contribution in [0.2, 0.25) is 5.02 Å². The molecular weight excluding hydrogens is 436 g/mol. The van der Waals surface area contributed by atoms with Crippen LogP contribution in [0.25, 0.3) is 0 Å². The predicted octanol–water partition coefficient (Wildman–Crippen LogP) is 5.49. The molecule has 8 heteroatoms. The van der Waals surface area contributed by atoms with Crippen LogP contribution in [0.4, 0.5) is 11.4 Å². The van der Waals surface area contributed by atoms with Crippen molar-refractivity contribution >= 4 is 38.9 Å². The molecule has 1 amide bonds. The van der Waals surface area contributed by atoms with E-state index in [1.807, 2.05) is 20.8 Å². The summed E-state index contributed by atoms with van der Waals surface area (Å²) in [6.07, 6.45) is 0.0481. The number of anilines is 2. The molecule has 0 saturated heterocycles. The van der Waals surface area contributed by atoms with Crippen LogP contribution in [-0.4, -0.2) is 20.4 Å². The molecule has 0 aliphatic rings. The number of benzene rings is 3. The molecule has 2 N–H and O–H groups in total. The lowest BCUT2D eigenvalue weighted by atomic mass is 10.2. The van der Waals surface area contributed by atoms with Crippen LogP contribution in [0, 0.1) is 6.92 Å². The highest BCUT2D eigenvalue weighted by atomic mass is 35.5. The second-order valence-corrected chi connectivity index (χ2v) is 9.33. The smallest absolute Gasteiger partial charge is 0.261 e. The Balaban J connectivity index is 1.67. The van der Waals surface area contributed by atoms with Gasteiger partial charge in [0.1, 0.15) is 5.75 Å². The van der Waals surface area contributed by atoms with E-state index in [2.05, 4.69) is 10.0 Å². The first-order valence-corrected chi connectivity index (χ1v) is 11.5. The fourth-order valence-corrected chi connectivity index (χ4v) is 3.98. The average molecular weight is 459 g/mol. The van der Waals surface area contributed by atoms with Crippen LogP contribution >= 0.6 is 11.6 Å². The van der Waals surface area contributed by atoms with E-state index in [1.54, 1.807) is 42.5 Å². The summed E-state index contributed by atoms with van der Waals surface area (Å²) in [6.45, 7) is 5.69. The highest BCUT2D eigenvalue weighted by Crippen LogP contribution is 2.23. The van der Waals surface area contributed by atoms with Crippen LogP contribution in [0.3, 0.4) is 0 Å². The van der Waals surface area contributed by atoms with Gasteiger partial charge >= 0.3 is 0 Å².